The van der Waals surface area contributed by atoms with E-state index in [9.17, 15) is 0 Å². The number of aromatic nitrogens is 3. The van der Waals surface area contributed by atoms with Crippen LogP contribution in [-0.2, 0) is 12.4 Å². The maximum atomic E-state index is 5.88. The van der Waals surface area contributed by atoms with Gasteiger partial charge >= 0.3 is 0 Å². The Morgan fingerprint density at radius 1 is 1.33 bits per heavy atom. The van der Waals surface area contributed by atoms with E-state index in [0.717, 1.165) is 16.3 Å². The number of nitrogens with zero attached hydrogens (tertiary/aromatic N) is 3. The summed E-state index contributed by atoms with van der Waals surface area (Å²) in [5.41, 5.74) is 1.87. The smallest absolute Gasteiger partial charge is 0.0974 e. The SMILES string of the molecule is ClCc1cn(Cc2cccc(Cl)c2)nn1. The molecule has 0 aliphatic rings. The summed E-state index contributed by atoms with van der Waals surface area (Å²) in [7, 11) is 0. The molecule has 0 fully saturated rings. The van der Waals surface area contributed by atoms with Crippen molar-refractivity contribution in [2.24, 2.45) is 0 Å². The molecule has 0 spiro atoms. The van der Waals surface area contributed by atoms with Gasteiger partial charge in [0.05, 0.1) is 24.3 Å². The number of halogens is 2. The summed E-state index contributed by atoms with van der Waals surface area (Å²) in [5, 5.41) is 8.58. The van der Waals surface area contributed by atoms with Gasteiger partial charge in [-0.25, -0.2) is 4.68 Å². The van der Waals surface area contributed by atoms with Gasteiger partial charge in [-0.15, -0.1) is 16.7 Å². The van der Waals surface area contributed by atoms with Crippen molar-refractivity contribution < 1.29 is 0 Å². The van der Waals surface area contributed by atoms with Gasteiger partial charge < -0.3 is 0 Å². The van der Waals surface area contributed by atoms with E-state index >= 15 is 0 Å². The zero-order valence-electron chi connectivity index (χ0n) is 7.90. The van der Waals surface area contributed by atoms with E-state index in [2.05, 4.69) is 10.3 Å². The molecule has 0 N–H and O–H groups in total. The minimum absolute atomic E-state index is 0.384. The van der Waals surface area contributed by atoms with E-state index < -0.39 is 0 Å². The Kier molecular flexibility index (Phi) is 3.23. The zero-order chi connectivity index (χ0) is 10.7. The van der Waals surface area contributed by atoms with Gasteiger partial charge in [-0.1, -0.05) is 28.9 Å². The first-order valence-electron chi connectivity index (χ1n) is 4.47. The fourth-order valence-electron chi connectivity index (χ4n) is 1.30. The Hall–Kier alpha value is -1.06. The molecule has 1 aromatic carbocycles. The summed E-state index contributed by atoms with van der Waals surface area (Å²) in [6, 6.07) is 7.66. The van der Waals surface area contributed by atoms with Crippen LogP contribution in [0, 0.1) is 0 Å². The van der Waals surface area contributed by atoms with Crippen LogP contribution in [0.25, 0.3) is 0 Å². The van der Waals surface area contributed by atoms with Crippen molar-refractivity contribution in [2.45, 2.75) is 12.4 Å². The fraction of sp³-hybridized carbons (Fsp3) is 0.200. The molecule has 0 amide bonds. The standard InChI is InChI=1S/C10H9Cl2N3/c11-5-10-7-15(14-13-10)6-8-2-1-3-9(12)4-8/h1-4,7H,5-6H2. The summed E-state index contributed by atoms with van der Waals surface area (Å²) < 4.78 is 1.74. The Morgan fingerprint density at radius 2 is 2.20 bits per heavy atom. The average Bonchev–Trinajstić information content (AvgIpc) is 2.65. The molecule has 2 aromatic rings. The maximum absolute atomic E-state index is 5.88. The van der Waals surface area contributed by atoms with Crippen LogP contribution in [0.3, 0.4) is 0 Å². The van der Waals surface area contributed by atoms with Crippen LogP contribution in [0.4, 0.5) is 0 Å². The molecule has 78 valence electrons. The lowest BCUT2D eigenvalue weighted by molar-refractivity contribution is 0.649. The molecular weight excluding hydrogens is 233 g/mol. The molecule has 0 radical (unpaired) electrons. The minimum atomic E-state index is 0.384. The van der Waals surface area contributed by atoms with E-state index in [0.29, 0.717) is 12.4 Å². The minimum Gasteiger partial charge on any atom is -0.248 e. The van der Waals surface area contributed by atoms with Crippen molar-refractivity contribution in [1.82, 2.24) is 15.0 Å². The third-order valence-corrected chi connectivity index (χ3v) is 2.47. The lowest BCUT2D eigenvalue weighted by atomic mass is 10.2. The normalized spacial score (nSPS) is 10.5. The number of hydrogen-bond acceptors (Lipinski definition) is 2. The molecule has 0 aliphatic heterocycles. The van der Waals surface area contributed by atoms with Gasteiger partial charge in [-0.2, -0.15) is 0 Å². The predicted octanol–water partition coefficient (Wildman–Crippen LogP) is 2.72. The van der Waals surface area contributed by atoms with Crippen molar-refractivity contribution in [2.75, 3.05) is 0 Å². The quantitative estimate of drug-likeness (QED) is 0.774. The molecular formula is C10H9Cl2N3. The molecule has 15 heavy (non-hydrogen) atoms. The summed E-state index contributed by atoms with van der Waals surface area (Å²) in [6.45, 7) is 0.657. The Bertz CT molecular complexity index is 453. The van der Waals surface area contributed by atoms with Gasteiger partial charge in [-0.05, 0) is 17.7 Å². The van der Waals surface area contributed by atoms with Gasteiger partial charge in [0.25, 0.3) is 0 Å². The second kappa shape index (κ2) is 4.64. The predicted molar refractivity (Wildman–Crippen MR) is 60.1 cm³/mol. The van der Waals surface area contributed by atoms with E-state index in [1.165, 1.54) is 0 Å². The number of benzene rings is 1. The van der Waals surface area contributed by atoms with Crippen molar-refractivity contribution in [3.8, 4) is 0 Å². The Labute approximate surface area is 97.6 Å². The molecule has 3 nitrogen and oxygen atoms in total. The number of hydrogen-bond donors (Lipinski definition) is 0. The largest absolute Gasteiger partial charge is 0.248 e. The highest BCUT2D eigenvalue weighted by Crippen LogP contribution is 2.11. The lowest BCUT2D eigenvalue weighted by Crippen LogP contribution is -2.00. The molecule has 0 saturated carbocycles. The first kappa shape index (κ1) is 10.5. The van der Waals surface area contributed by atoms with E-state index in [1.54, 1.807) is 4.68 Å². The van der Waals surface area contributed by atoms with Gasteiger partial charge in [0, 0.05) is 5.02 Å². The Morgan fingerprint density at radius 3 is 2.87 bits per heavy atom. The Balaban J connectivity index is 2.14. The molecule has 1 aromatic heterocycles. The van der Waals surface area contributed by atoms with E-state index in [4.69, 9.17) is 23.2 Å². The molecule has 0 aliphatic carbocycles. The fourth-order valence-corrected chi connectivity index (χ4v) is 1.63. The highest BCUT2D eigenvalue weighted by Gasteiger charge is 2.00. The number of alkyl halides is 1. The van der Waals surface area contributed by atoms with Gasteiger partial charge in [0.15, 0.2) is 0 Å². The topological polar surface area (TPSA) is 30.7 Å². The highest BCUT2D eigenvalue weighted by atomic mass is 35.5. The molecule has 5 heteroatoms. The summed E-state index contributed by atoms with van der Waals surface area (Å²) in [5.74, 6) is 0.384. The first-order chi connectivity index (χ1) is 7.28. The molecule has 0 saturated heterocycles. The third-order valence-electron chi connectivity index (χ3n) is 1.96. The van der Waals surface area contributed by atoms with Crippen LogP contribution in [0.5, 0.6) is 0 Å². The molecule has 1 heterocycles. The van der Waals surface area contributed by atoms with E-state index in [-0.39, 0.29) is 0 Å². The average molecular weight is 242 g/mol. The van der Waals surface area contributed by atoms with Crippen molar-refractivity contribution in [3.63, 3.8) is 0 Å². The van der Waals surface area contributed by atoms with Crippen LogP contribution in [0.1, 0.15) is 11.3 Å². The third kappa shape index (κ3) is 2.70. The van der Waals surface area contributed by atoms with Gasteiger partial charge in [0.2, 0.25) is 0 Å². The lowest BCUT2D eigenvalue weighted by Gasteiger charge is -2.00. The molecule has 0 atom stereocenters. The van der Waals surface area contributed by atoms with Gasteiger partial charge in [0.1, 0.15) is 0 Å². The monoisotopic (exact) mass is 241 g/mol. The van der Waals surface area contributed by atoms with Crippen molar-refractivity contribution >= 4 is 23.2 Å². The molecule has 2 rings (SSSR count). The molecule has 0 unspecified atom stereocenters. The second-order valence-corrected chi connectivity index (χ2v) is 3.87. The summed E-state index contributed by atoms with van der Waals surface area (Å²) >= 11 is 11.5. The van der Waals surface area contributed by atoms with Crippen molar-refractivity contribution in [3.05, 3.63) is 46.7 Å². The van der Waals surface area contributed by atoms with Crippen LogP contribution >= 0.6 is 23.2 Å². The zero-order valence-corrected chi connectivity index (χ0v) is 9.41. The van der Waals surface area contributed by atoms with Crippen LogP contribution in [0.2, 0.25) is 5.02 Å². The maximum Gasteiger partial charge on any atom is 0.0974 e. The number of rotatable bonds is 3. The van der Waals surface area contributed by atoms with Crippen LogP contribution in [-0.4, -0.2) is 15.0 Å². The van der Waals surface area contributed by atoms with Gasteiger partial charge in [-0.3, -0.25) is 0 Å². The van der Waals surface area contributed by atoms with E-state index in [1.807, 2.05) is 30.5 Å². The molecule has 0 bridgehead atoms. The van der Waals surface area contributed by atoms with Crippen molar-refractivity contribution in [1.29, 1.82) is 0 Å². The second-order valence-electron chi connectivity index (χ2n) is 3.17. The summed E-state index contributed by atoms with van der Waals surface area (Å²) in [4.78, 5) is 0. The van der Waals surface area contributed by atoms with Crippen LogP contribution < -0.4 is 0 Å². The van der Waals surface area contributed by atoms with Crippen LogP contribution in [0.15, 0.2) is 30.5 Å². The summed E-state index contributed by atoms with van der Waals surface area (Å²) in [6.07, 6.45) is 1.83. The first-order valence-corrected chi connectivity index (χ1v) is 5.38. The highest BCUT2D eigenvalue weighted by molar-refractivity contribution is 6.30.